The summed E-state index contributed by atoms with van der Waals surface area (Å²) in [6.45, 7) is 1.30. The van der Waals surface area contributed by atoms with E-state index in [1.807, 2.05) is 6.07 Å². The summed E-state index contributed by atoms with van der Waals surface area (Å²) in [6.07, 6.45) is 0. The molecule has 0 aliphatic carbocycles. The van der Waals surface area contributed by atoms with Gasteiger partial charge in [0.1, 0.15) is 22.8 Å². The summed E-state index contributed by atoms with van der Waals surface area (Å²) in [5.74, 6) is 0.818. The molecule has 0 amide bonds. The van der Waals surface area contributed by atoms with Crippen LogP contribution < -0.4 is 19.8 Å². The van der Waals surface area contributed by atoms with Gasteiger partial charge in [0, 0.05) is 35.3 Å². The zero-order valence-electron chi connectivity index (χ0n) is 15.0. The van der Waals surface area contributed by atoms with Gasteiger partial charge >= 0.3 is 11.6 Å². The third-order valence-electron chi connectivity index (χ3n) is 4.07. The SMILES string of the molecule is COc1ccc(-c2c(CBr)c3ccc(OC)cc3oc2=O)c(OC(C)=O)c1. The van der Waals surface area contributed by atoms with Crippen molar-refractivity contribution in [2.75, 3.05) is 14.2 Å². The molecule has 0 fully saturated rings. The van der Waals surface area contributed by atoms with E-state index in [1.165, 1.54) is 14.0 Å². The molecule has 0 saturated heterocycles. The summed E-state index contributed by atoms with van der Waals surface area (Å²) in [5.41, 5.74) is 1.38. The molecule has 2 aromatic carbocycles. The number of hydrogen-bond acceptors (Lipinski definition) is 6. The van der Waals surface area contributed by atoms with Crippen molar-refractivity contribution in [3.63, 3.8) is 0 Å². The van der Waals surface area contributed by atoms with Crippen molar-refractivity contribution in [2.24, 2.45) is 0 Å². The Morgan fingerprint density at radius 1 is 1.07 bits per heavy atom. The number of fused-ring (bicyclic) bond motifs is 1. The van der Waals surface area contributed by atoms with E-state index in [2.05, 4.69) is 15.9 Å². The Balaban J connectivity index is 2.32. The van der Waals surface area contributed by atoms with Crippen molar-refractivity contribution in [3.05, 3.63) is 52.4 Å². The topological polar surface area (TPSA) is 75.0 Å². The Labute approximate surface area is 163 Å². The summed E-state index contributed by atoms with van der Waals surface area (Å²) >= 11 is 3.46. The number of benzene rings is 2. The van der Waals surface area contributed by atoms with Gasteiger partial charge in [0.25, 0.3) is 0 Å². The number of ether oxygens (including phenoxy) is 3. The van der Waals surface area contributed by atoms with Gasteiger partial charge in [-0.25, -0.2) is 4.79 Å². The van der Waals surface area contributed by atoms with Crippen molar-refractivity contribution in [1.29, 1.82) is 0 Å². The molecule has 0 unspecified atom stereocenters. The molecule has 3 rings (SSSR count). The van der Waals surface area contributed by atoms with Gasteiger partial charge in [0.2, 0.25) is 0 Å². The molecule has 7 heteroatoms. The second kappa shape index (κ2) is 7.84. The van der Waals surface area contributed by atoms with Crippen molar-refractivity contribution < 1.29 is 23.4 Å². The first-order valence-corrected chi connectivity index (χ1v) is 9.17. The molecule has 0 radical (unpaired) electrons. The van der Waals surface area contributed by atoms with Crippen molar-refractivity contribution in [3.8, 4) is 28.4 Å². The van der Waals surface area contributed by atoms with Gasteiger partial charge in [-0.3, -0.25) is 4.79 Å². The van der Waals surface area contributed by atoms with Crippen LogP contribution in [-0.4, -0.2) is 20.2 Å². The number of carbonyl (C=O) groups is 1. The number of esters is 1. The van der Waals surface area contributed by atoms with Crippen LogP contribution in [0.15, 0.2) is 45.6 Å². The van der Waals surface area contributed by atoms with Crippen LogP contribution in [-0.2, 0) is 10.1 Å². The normalized spacial score (nSPS) is 10.7. The van der Waals surface area contributed by atoms with E-state index in [1.54, 1.807) is 37.4 Å². The summed E-state index contributed by atoms with van der Waals surface area (Å²) in [6, 6.07) is 10.2. The molecule has 0 aliphatic heterocycles. The van der Waals surface area contributed by atoms with Gasteiger partial charge in [0.15, 0.2) is 0 Å². The van der Waals surface area contributed by atoms with E-state index in [4.69, 9.17) is 18.6 Å². The molecule has 1 aromatic heterocycles. The van der Waals surface area contributed by atoms with Crippen LogP contribution in [0, 0.1) is 0 Å². The monoisotopic (exact) mass is 432 g/mol. The third kappa shape index (κ3) is 3.68. The van der Waals surface area contributed by atoms with E-state index >= 15 is 0 Å². The van der Waals surface area contributed by atoms with E-state index < -0.39 is 11.6 Å². The fraction of sp³-hybridized carbons (Fsp3) is 0.200. The Bertz CT molecular complexity index is 1070. The average molecular weight is 433 g/mol. The van der Waals surface area contributed by atoms with E-state index in [0.717, 1.165) is 10.9 Å². The highest BCUT2D eigenvalue weighted by molar-refractivity contribution is 9.08. The smallest absolute Gasteiger partial charge is 0.344 e. The summed E-state index contributed by atoms with van der Waals surface area (Å²) in [5, 5.41) is 1.16. The second-order valence-corrected chi connectivity index (χ2v) is 6.26. The molecule has 140 valence electrons. The van der Waals surface area contributed by atoms with Gasteiger partial charge in [-0.15, -0.1) is 0 Å². The second-order valence-electron chi connectivity index (χ2n) is 5.69. The van der Waals surface area contributed by atoms with Crippen molar-refractivity contribution >= 4 is 32.9 Å². The van der Waals surface area contributed by atoms with E-state index in [9.17, 15) is 9.59 Å². The highest BCUT2D eigenvalue weighted by Crippen LogP contribution is 2.37. The number of rotatable bonds is 5. The predicted octanol–water partition coefficient (Wildman–Crippen LogP) is 4.30. The van der Waals surface area contributed by atoms with Crippen LogP contribution >= 0.6 is 15.9 Å². The summed E-state index contributed by atoms with van der Waals surface area (Å²) < 4.78 is 21.2. The summed E-state index contributed by atoms with van der Waals surface area (Å²) in [4.78, 5) is 24.3. The number of alkyl halides is 1. The van der Waals surface area contributed by atoms with Gasteiger partial charge in [-0.2, -0.15) is 0 Å². The minimum Gasteiger partial charge on any atom is -0.497 e. The molecule has 6 nitrogen and oxygen atoms in total. The maximum atomic E-state index is 12.8. The first-order valence-electron chi connectivity index (χ1n) is 8.05. The van der Waals surface area contributed by atoms with Gasteiger partial charge in [-0.05, 0) is 29.8 Å². The van der Waals surface area contributed by atoms with Gasteiger partial charge < -0.3 is 18.6 Å². The molecule has 27 heavy (non-hydrogen) atoms. The maximum absolute atomic E-state index is 12.8. The number of hydrogen-bond donors (Lipinski definition) is 0. The molecule has 0 N–H and O–H groups in total. The van der Waals surface area contributed by atoms with Crippen LogP contribution in [0.5, 0.6) is 17.2 Å². The molecule has 0 spiro atoms. The molecule has 3 aromatic rings. The van der Waals surface area contributed by atoms with Crippen LogP contribution in [0.3, 0.4) is 0 Å². The van der Waals surface area contributed by atoms with Crippen LogP contribution in [0.25, 0.3) is 22.1 Å². The lowest BCUT2D eigenvalue weighted by Gasteiger charge is -2.14. The number of carbonyl (C=O) groups excluding carboxylic acids is 1. The van der Waals surface area contributed by atoms with Crippen LogP contribution in [0.4, 0.5) is 0 Å². The number of halogens is 1. The Kier molecular flexibility index (Phi) is 5.51. The van der Waals surface area contributed by atoms with Crippen molar-refractivity contribution in [1.82, 2.24) is 0 Å². The lowest BCUT2D eigenvalue weighted by molar-refractivity contribution is -0.131. The zero-order valence-corrected chi connectivity index (χ0v) is 16.6. The maximum Gasteiger partial charge on any atom is 0.344 e. The summed E-state index contributed by atoms with van der Waals surface area (Å²) in [7, 11) is 3.05. The van der Waals surface area contributed by atoms with E-state index in [0.29, 0.717) is 33.5 Å². The molecule has 1 heterocycles. The predicted molar refractivity (Wildman–Crippen MR) is 105 cm³/mol. The average Bonchev–Trinajstić information content (AvgIpc) is 2.66. The van der Waals surface area contributed by atoms with Gasteiger partial charge in [-0.1, -0.05) is 15.9 Å². The lowest BCUT2D eigenvalue weighted by atomic mass is 9.98. The molecular formula is C20H17BrO6. The molecule has 0 aliphatic rings. The first-order chi connectivity index (χ1) is 13.0. The Hall–Kier alpha value is -2.80. The Morgan fingerprint density at radius 3 is 2.37 bits per heavy atom. The minimum absolute atomic E-state index is 0.226. The number of methoxy groups -OCH3 is 2. The van der Waals surface area contributed by atoms with Crippen molar-refractivity contribution in [2.45, 2.75) is 12.3 Å². The molecule has 0 atom stereocenters. The largest absolute Gasteiger partial charge is 0.497 e. The lowest BCUT2D eigenvalue weighted by Crippen LogP contribution is -2.10. The fourth-order valence-corrected chi connectivity index (χ4v) is 3.44. The first kappa shape index (κ1) is 19.0. The van der Waals surface area contributed by atoms with E-state index in [-0.39, 0.29) is 5.75 Å². The standard InChI is InChI=1S/C20H17BrO6/c1-11(22)26-18-9-13(25-3)5-7-15(18)19-16(10-21)14-6-4-12(24-2)8-17(14)27-20(19)23/h4-9H,10H2,1-3H3. The fourth-order valence-electron chi connectivity index (χ4n) is 2.86. The third-order valence-corrected chi connectivity index (χ3v) is 4.63. The highest BCUT2D eigenvalue weighted by Gasteiger charge is 2.20. The molecule has 0 bridgehead atoms. The quantitative estimate of drug-likeness (QED) is 0.259. The van der Waals surface area contributed by atoms with Crippen LogP contribution in [0.2, 0.25) is 0 Å². The highest BCUT2D eigenvalue weighted by atomic mass is 79.9. The van der Waals surface area contributed by atoms with Gasteiger partial charge in [0.05, 0.1) is 19.8 Å². The molecule has 0 saturated carbocycles. The minimum atomic E-state index is -0.538. The van der Waals surface area contributed by atoms with Crippen LogP contribution in [0.1, 0.15) is 12.5 Å². The molecular weight excluding hydrogens is 416 g/mol. The Morgan fingerprint density at radius 2 is 1.74 bits per heavy atom. The zero-order chi connectivity index (χ0) is 19.6.